The first-order valence-corrected chi connectivity index (χ1v) is 23.1. The Hall–Kier alpha value is -7.66. The monoisotopic (exact) mass is 839 g/mol. The quantitative estimate of drug-likeness (QED) is 0.143. The van der Waals surface area contributed by atoms with Crippen LogP contribution in [0.5, 0.6) is 0 Å². The van der Waals surface area contributed by atoms with E-state index in [0.29, 0.717) is 5.92 Å². The van der Waals surface area contributed by atoms with Gasteiger partial charge in [0.15, 0.2) is 0 Å². The molecule has 12 rings (SSSR count). The van der Waals surface area contributed by atoms with Gasteiger partial charge in [0.25, 0.3) is 0 Å². The summed E-state index contributed by atoms with van der Waals surface area (Å²) in [5.41, 5.74) is 13.3. The maximum absolute atomic E-state index is 2.61. The number of thiophene rings is 1. The van der Waals surface area contributed by atoms with Crippen LogP contribution in [-0.2, 0) is 0 Å². The van der Waals surface area contributed by atoms with Crippen LogP contribution in [0.1, 0.15) is 29.9 Å². The zero-order valence-electron chi connectivity index (χ0n) is 35.3. The van der Waals surface area contributed by atoms with Crippen molar-refractivity contribution >= 4 is 76.0 Å². The van der Waals surface area contributed by atoms with Crippen LogP contribution in [0.15, 0.2) is 248 Å². The summed E-state index contributed by atoms with van der Waals surface area (Å²) >= 11 is 1.87. The van der Waals surface area contributed by atoms with Crippen LogP contribution in [0.2, 0.25) is 0 Å². The highest BCUT2D eigenvalue weighted by molar-refractivity contribution is 7.25. The van der Waals surface area contributed by atoms with E-state index in [1.165, 1.54) is 70.1 Å². The Morgan fingerprint density at radius 1 is 0.500 bits per heavy atom. The van der Waals surface area contributed by atoms with Gasteiger partial charge in [-0.25, -0.2) is 0 Å². The third-order valence-corrected chi connectivity index (χ3v) is 14.2. The first kappa shape index (κ1) is 38.0. The molecule has 0 fully saturated rings. The fourth-order valence-electron chi connectivity index (χ4n) is 10.0. The van der Waals surface area contributed by atoms with Gasteiger partial charge in [0, 0.05) is 71.0 Å². The van der Waals surface area contributed by atoms with Crippen molar-refractivity contribution in [2.24, 2.45) is 0 Å². The number of aromatic nitrogens is 1. The molecule has 2 aromatic heterocycles. The number of hydrogen-bond donors (Lipinski definition) is 0. The molecule has 4 heteroatoms. The summed E-state index contributed by atoms with van der Waals surface area (Å²) < 4.78 is 5.03. The van der Waals surface area contributed by atoms with Crippen molar-refractivity contribution in [2.45, 2.75) is 24.8 Å². The van der Waals surface area contributed by atoms with Crippen LogP contribution in [0.25, 0.3) is 53.2 Å². The predicted molar refractivity (Wildman–Crippen MR) is 273 cm³/mol. The van der Waals surface area contributed by atoms with Gasteiger partial charge in [0.2, 0.25) is 0 Å². The molecular formula is C60H45N3S. The van der Waals surface area contributed by atoms with Gasteiger partial charge in [-0.1, -0.05) is 146 Å². The summed E-state index contributed by atoms with van der Waals surface area (Å²) in [7, 11) is 0. The molecule has 0 bridgehead atoms. The van der Waals surface area contributed by atoms with Gasteiger partial charge in [-0.2, -0.15) is 0 Å². The summed E-state index contributed by atoms with van der Waals surface area (Å²) in [6.45, 7) is 0. The molecule has 0 aliphatic heterocycles. The van der Waals surface area contributed by atoms with Crippen molar-refractivity contribution in [1.82, 2.24) is 4.57 Å². The SMILES string of the molecule is C1=CC(c2ccccc2)CC=C1N(c1ccc2sc3ccccc3c2c1)C1C=C(N(c2ccccc2)c2ccccc2)C=C(c2ccc(-n3c4ccccc4c4ccccc43)cc2)C1. The van der Waals surface area contributed by atoms with E-state index in [9.17, 15) is 0 Å². The van der Waals surface area contributed by atoms with Crippen LogP contribution in [-0.4, -0.2) is 10.6 Å². The highest BCUT2D eigenvalue weighted by Crippen LogP contribution is 2.43. The molecule has 306 valence electrons. The van der Waals surface area contributed by atoms with Crippen molar-refractivity contribution < 1.29 is 0 Å². The maximum Gasteiger partial charge on any atom is 0.0585 e. The first-order chi connectivity index (χ1) is 31.7. The lowest BCUT2D eigenvalue weighted by molar-refractivity contribution is 0.746. The number of nitrogens with zero attached hydrogens (tertiary/aromatic N) is 3. The van der Waals surface area contributed by atoms with E-state index in [1.807, 2.05) is 11.3 Å². The molecule has 3 nitrogen and oxygen atoms in total. The van der Waals surface area contributed by atoms with E-state index in [1.54, 1.807) is 0 Å². The molecule has 2 aliphatic rings. The maximum atomic E-state index is 2.61. The lowest BCUT2D eigenvalue weighted by Gasteiger charge is -2.39. The zero-order valence-corrected chi connectivity index (χ0v) is 36.2. The van der Waals surface area contributed by atoms with E-state index in [4.69, 9.17) is 0 Å². The zero-order chi connectivity index (χ0) is 42.4. The fraction of sp³-hybridized carbons (Fsp3) is 0.0667. The highest BCUT2D eigenvalue weighted by atomic mass is 32.1. The molecule has 0 spiro atoms. The lowest BCUT2D eigenvalue weighted by atomic mass is 9.88. The number of hydrogen-bond acceptors (Lipinski definition) is 3. The summed E-state index contributed by atoms with van der Waals surface area (Å²) in [4.78, 5) is 5.03. The van der Waals surface area contributed by atoms with Crippen molar-refractivity contribution in [1.29, 1.82) is 0 Å². The Balaban J connectivity index is 1.02. The average molecular weight is 840 g/mol. The molecule has 10 aromatic rings. The van der Waals surface area contributed by atoms with Crippen molar-refractivity contribution in [3.05, 3.63) is 259 Å². The largest absolute Gasteiger partial charge is 0.334 e. The summed E-state index contributed by atoms with van der Waals surface area (Å²) in [6, 6.07) is 75.2. The van der Waals surface area contributed by atoms with Crippen molar-refractivity contribution in [3.63, 3.8) is 0 Å². The molecule has 2 atom stereocenters. The highest BCUT2D eigenvalue weighted by Gasteiger charge is 2.29. The standard InChI is InChI=1S/C60H45N3S/c1-4-16-42(17-5-1)43-28-32-48(33-29-43)62(50-36-37-60-56(41-50)55-24-12-15-27-59(55)64-60)52-39-45(38-51(40-52)61(46-18-6-2-7-19-46)47-20-8-3-9-21-47)44-30-34-49(35-31-44)63-57-25-13-10-22-53(57)54-23-11-14-26-58(54)63/h1-28,30-38,40-41,43,52H,29,39H2. The molecule has 0 radical (unpaired) electrons. The Morgan fingerprint density at radius 2 is 1.09 bits per heavy atom. The number of rotatable bonds is 9. The normalized spacial score (nSPS) is 16.2. The number of para-hydroxylation sites is 4. The summed E-state index contributed by atoms with van der Waals surface area (Å²) in [5.74, 6) is 0.336. The van der Waals surface area contributed by atoms with Gasteiger partial charge in [0.1, 0.15) is 0 Å². The second kappa shape index (κ2) is 16.2. The predicted octanol–water partition coefficient (Wildman–Crippen LogP) is 16.2. The number of anilines is 3. The summed E-state index contributed by atoms with van der Waals surface area (Å²) in [6.07, 6.45) is 13.9. The molecule has 0 N–H and O–H groups in total. The smallest absolute Gasteiger partial charge is 0.0585 e. The molecule has 0 amide bonds. The molecular weight excluding hydrogens is 795 g/mol. The second-order valence-electron chi connectivity index (χ2n) is 16.8. The number of allylic oxidation sites excluding steroid dienone is 4. The third-order valence-electron chi connectivity index (χ3n) is 13.0. The van der Waals surface area contributed by atoms with Crippen LogP contribution < -0.4 is 9.80 Å². The van der Waals surface area contributed by atoms with E-state index in [0.717, 1.165) is 35.6 Å². The average Bonchev–Trinajstić information content (AvgIpc) is 3.91. The van der Waals surface area contributed by atoms with E-state index in [2.05, 4.69) is 251 Å². The van der Waals surface area contributed by atoms with Gasteiger partial charge >= 0.3 is 0 Å². The van der Waals surface area contributed by atoms with Crippen molar-refractivity contribution in [2.75, 3.05) is 9.80 Å². The van der Waals surface area contributed by atoms with Crippen LogP contribution >= 0.6 is 11.3 Å². The summed E-state index contributed by atoms with van der Waals surface area (Å²) in [5, 5.41) is 5.15. The van der Waals surface area contributed by atoms with Gasteiger partial charge < -0.3 is 14.4 Å². The van der Waals surface area contributed by atoms with Gasteiger partial charge in [-0.15, -0.1) is 11.3 Å². The second-order valence-corrected chi connectivity index (χ2v) is 17.9. The molecule has 2 aliphatic carbocycles. The van der Waals surface area contributed by atoms with Crippen molar-refractivity contribution in [3.8, 4) is 5.69 Å². The molecule has 64 heavy (non-hydrogen) atoms. The first-order valence-electron chi connectivity index (χ1n) is 22.3. The minimum Gasteiger partial charge on any atom is -0.334 e. The van der Waals surface area contributed by atoms with Gasteiger partial charge in [0.05, 0.1) is 17.1 Å². The van der Waals surface area contributed by atoms with E-state index >= 15 is 0 Å². The third kappa shape index (κ3) is 6.84. The van der Waals surface area contributed by atoms with Gasteiger partial charge in [-0.3, -0.25) is 0 Å². The number of benzene rings is 8. The Bertz CT molecular complexity index is 3350. The fourth-order valence-corrected chi connectivity index (χ4v) is 11.1. The van der Waals surface area contributed by atoms with Gasteiger partial charge in [-0.05, 0) is 121 Å². The van der Waals surface area contributed by atoms with Crippen LogP contribution in [0, 0.1) is 0 Å². The topological polar surface area (TPSA) is 11.4 Å². The molecule has 2 heterocycles. The Morgan fingerprint density at radius 3 is 1.75 bits per heavy atom. The van der Waals surface area contributed by atoms with E-state index in [-0.39, 0.29) is 6.04 Å². The van der Waals surface area contributed by atoms with Crippen LogP contribution in [0.4, 0.5) is 17.1 Å². The molecule has 0 saturated carbocycles. The molecule has 8 aromatic carbocycles. The lowest BCUT2D eigenvalue weighted by Crippen LogP contribution is -2.36. The van der Waals surface area contributed by atoms with Crippen LogP contribution in [0.3, 0.4) is 0 Å². The number of fused-ring (bicyclic) bond motifs is 6. The molecule has 0 saturated heterocycles. The Kier molecular flexibility index (Phi) is 9.65. The minimum absolute atomic E-state index is 0.00605. The Labute approximate surface area is 378 Å². The minimum atomic E-state index is -0.00605. The van der Waals surface area contributed by atoms with E-state index < -0.39 is 0 Å². The molecule has 2 unspecified atom stereocenters.